The first-order valence-electron chi connectivity index (χ1n) is 7.87. The first kappa shape index (κ1) is 16.0. The summed E-state index contributed by atoms with van der Waals surface area (Å²) in [5.41, 5.74) is 0.913. The number of fused-ring (bicyclic) bond motifs is 1. The SMILES string of the molecule is OC[C@H]1O[C@@H](n2cnc3c(NC4CCC4)nc(Cl)nc32)[C@H](O)[C@@H]1O. The normalized spacial score (nSPS) is 30.7. The summed E-state index contributed by atoms with van der Waals surface area (Å²) in [6, 6.07) is 0.346. The van der Waals surface area contributed by atoms with Crippen LogP contribution in [0.2, 0.25) is 5.28 Å². The minimum atomic E-state index is -1.21. The van der Waals surface area contributed by atoms with Crippen molar-refractivity contribution in [1.29, 1.82) is 0 Å². The van der Waals surface area contributed by atoms with E-state index in [4.69, 9.17) is 16.3 Å². The zero-order valence-corrected chi connectivity index (χ0v) is 13.5. The number of nitrogens with zero attached hydrogens (tertiary/aromatic N) is 4. The average Bonchev–Trinajstić information content (AvgIpc) is 3.05. The van der Waals surface area contributed by atoms with Gasteiger partial charge in [0.2, 0.25) is 5.28 Å². The van der Waals surface area contributed by atoms with E-state index >= 15 is 0 Å². The van der Waals surface area contributed by atoms with Crippen LogP contribution in [0.1, 0.15) is 25.5 Å². The molecule has 4 rings (SSSR count). The fourth-order valence-corrected chi connectivity index (χ4v) is 3.20. The quantitative estimate of drug-likeness (QED) is 0.567. The summed E-state index contributed by atoms with van der Waals surface area (Å²) in [5, 5.41) is 32.7. The largest absolute Gasteiger partial charge is 0.394 e. The number of aliphatic hydroxyl groups is 3. The summed E-state index contributed by atoms with van der Waals surface area (Å²) in [7, 11) is 0. The highest BCUT2D eigenvalue weighted by Crippen LogP contribution is 2.33. The first-order chi connectivity index (χ1) is 11.6. The number of nitrogens with one attached hydrogen (secondary N) is 1. The van der Waals surface area contributed by atoms with Gasteiger partial charge in [0.25, 0.3) is 0 Å². The van der Waals surface area contributed by atoms with E-state index in [1.54, 1.807) is 0 Å². The standard InChI is InChI=1S/C14H18ClN5O4/c15-14-18-11(17-6-2-1-3-6)8-12(19-14)20(5-16-8)13-10(23)9(22)7(4-21)24-13/h5-7,9-10,13,21-23H,1-4H2,(H,17,18,19)/t7-,9-,10-,13-/m1/s1. The van der Waals surface area contributed by atoms with Crippen molar-refractivity contribution < 1.29 is 20.1 Å². The minimum absolute atomic E-state index is 0.0535. The molecule has 2 aliphatic rings. The smallest absolute Gasteiger partial charge is 0.226 e. The zero-order valence-electron chi connectivity index (χ0n) is 12.7. The lowest BCUT2D eigenvalue weighted by atomic mass is 9.93. The van der Waals surface area contributed by atoms with Crippen LogP contribution in [0.15, 0.2) is 6.33 Å². The molecular formula is C14H18ClN5O4. The van der Waals surface area contributed by atoms with Crippen molar-refractivity contribution in [3.8, 4) is 0 Å². The third-order valence-corrected chi connectivity index (χ3v) is 4.80. The fourth-order valence-electron chi connectivity index (χ4n) is 3.03. The van der Waals surface area contributed by atoms with Crippen molar-refractivity contribution in [3.63, 3.8) is 0 Å². The highest BCUT2D eigenvalue weighted by molar-refractivity contribution is 6.28. The number of halogens is 1. The Kier molecular flexibility index (Phi) is 4.05. The van der Waals surface area contributed by atoms with Crippen LogP contribution in [0.25, 0.3) is 11.2 Å². The Bertz CT molecular complexity index is 752. The Morgan fingerprint density at radius 1 is 1.29 bits per heavy atom. The van der Waals surface area contributed by atoms with Gasteiger partial charge in [0.05, 0.1) is 12.9 Å². The topological polar surface area (TPSA) is 126 Å². The Labute approximate surface area is 142 Å². The van der Waals surface area contributed by atoms with Gasteiger partial charge >= 0.3 is 0 Å². The molecule has 3 heterocycles. The van der Waals surface area contributed by atoms with Gasteiger partial charge < -0.3 is 25.4 Å². The summed E-state index contributed by atoms with van der Waals surface area (Å²) >= 11 is 6.03. The number of rotatable bonds is 4. The lowest BCUT2D eigenvalue weighted by Gasteiger charge is -2.26. The van der Waals surface area contributed by atoms with Gasteiger partial charge in [0, 0.05) is 6.04 Å². The molecule has 2 fully saturated rings. The lowest BCUT2D eigenvalue weighted by molar-refractivity contribution is -0.0511. The van der Waals surface area contributed by atoms with Crippen LogP contribution in [0.3, 0.4) is 0 Å². The Balaban J connectivity index is 1.72. The van der Waals surface area contributed by atoms with Crippen molar-refractivity contribution >= 4 is 28.6 Å². The first-order valence-corrected chi connectivity index (χ1v) is 8.25. The molecule has 4 N–H and O–H groups in total. The molecule has 1 aliphatic carbocycles. The second kappa shape index (κ2) is 6.08. The summed E-state index contributed by atoms with van der Waals surface area (Å²) in [6.07, 6.45) is 0.589. The molecule has 1 saturated carbocycles. The van der Waals surface area contributed by atoms with Crippen LogP contribution in [0.4, 0.5) is 5.82 Å². The summed E-state index contributed by atoms with van der Waals surface area (Å²) in [4.78, 5) is 12.7. The van der Waals surface area contributed by atoms with E-state index < -0.39 is 31.1 Å². The molecule has 4 atom stereocenters. The number of ether oxygens (including phenoxy) is 1. The number of hydrogen-bond donors (Lipinski definition) is 4. The number of aromatic nitrogens is 4. The molecular weight excluding hydrogens is 338 g/mol. The van der Waals surface area contributed by atoms with Crippen LogP contribution in [-0.2, 0) is 4.74 Å². The van der Waals surface area contributed by atoms with Gasteiger partial charge in [-0.05, 0) is 30.9 Å². The summed E-state index contributed by atoms with van der Waals surface area (Å²) < 4.78 is 7.03. The molecule has 0 aromatic carbocycles. The van der Waals surface area contributed by atoms with Gasteiger partial charge in [-0.1, -0.05) is 0 Å². The van der Waals surface area contributed by atoms with Gasteiger partial charge in [0.1, 0.15) is 18.3 Å². The molecule has 10 heteroatoms. The predicted octanol–water partition coefficient (Wildman–Crippen LogP) is 0.0556. The van der Waals surface area contributed by atoms with Gasteiger partial charge in [0.15, 0.2) is 23.2 Å². The van der Waals surface area contributed by atoms with Crippen LogP contribution >= 0.6 is 11.6 Å². The van der Waals surface area contributed by atoms with Crippen molar-refractivity contribution in [1.82, 2.24) is 19.5 Å². The second-order valence-corrected chi connectivity index (χ2v) is 6.50. The van der Waals surface area contributed by atoms with Crippen molar-refractivity contribution in [3.05, 3.63) is 11.6 Å². The highest BCUT2D eigenvalue weighted by atomic mass is 35.5. The van der Waals surface area contributed by atoms with Gasteiger partial charge in [-0.2, -0.15) is 9.97 Å². The molecule has 9 nitrogen and oxygen atoms in total. The molecule has 0 unspecified atom stereocenters. The number of aliphatic hydroxyl groups excluding tert-OH is 3. The highest BCUT2D eigenvalue weighted by Gasteiger charge is 2.44. The number of anilines is 1. The van der Waals surface area contributed by atoms with Gasteiger partial charge in [-0.3, -0.25) is 4.57 Å². The van der Waals surface area contributed by atoms with Crippen LogP contribution in [0.5, 0.6) is 0 Å². The predicted molar refractivity (Wildman–Crippen MR) is 84.6 cm³/mol. The summed E-state index contributed by atoms with van der Waals surface area (Å²) in [6.45, 7) is -0.397. The number of hydrogen-bond acceptors (Lipinski definition) is 8. The van der Waals surface area contributed by atoms with E-state index in [0.717, 1.165) is 12.8 Å². The van der Waals surface area contributed by atoms with E-state index in [9.17, 15) is 15.3 Å². The molecule has 1 aliphatic heterocycles. The van der Waals surface area contributed by atoms with E-state index in [1.165, 1.54) is 17.3 Å². The van der Waals surface area contributed by atoms with E-state index in [1.807, 2.05) is 0 Å². The van der Waals surface area contributed by atoms with E-state index in [2.05, 4.69) is 20.3 Å². The molecule has 1 saturated heterocycles. The van der Waals surface area contributed by atoms with Crippen molar-refractivity contribution in [2.45, 2.75) is 49.8 Å². The monoisotopic (exact) mass is 355 g/mol. The Morgan fingerprint density at radius 2 is 2.08 bits per heavy atom. The molecule has 130 valence electrons. The second-order valence-electron chi connectivity index (χ2n) is 6.17. The molecule has 24 heavy (non-hydrogen) atoms. The molecule has 2 aromatic heterocycles. The maximum atomic E-state index is 10.2. The van der Waals surface area contributed by atoms with Crippen LogP contribution in [-0.4, -0.2) is 65.8 Å². The van der Waals surface area contributed by atoms with Crippen molar-refractivity contribution in [2.24, 2.45) is 0 Å². The molecule has 0 amide bonds. The van der Waals surface area contributed by atoms with Crippen molar-refractivity contribution in [2.75, 3.05) is 11.9 Å². The summed E-state index contributed by atoms with van der Waals surface area (Å²) in [5.74, 6) is 0.542. The van der Waals surface area contributed by atoms with Crippen LogP contribution in [0, 0.1) is 0 Å². The van der Waals surface area contributed by atoms with Gasteiger partial charge in [-0.15, -0.1) is 0 Å². The maximum Gasteiger partial charge on any atom is 0.226 e. The minimum Gasteiger partial charge on any atom is -0.394 e. The lowest BCUT2D eigenvalue weighted by Crippen LogP contribution is -2.33. The zero-order chi connectivity index (χ0) is 16.8. The maximum absolute atomic E-state index is 10.2. The number of imidazole rings is 1. The molecule has 0 spiro atoms. The third kappa shape index (κ3) is 2.52. The third-order valence-electron chi connectivity index (χ3n) is 4.63. The Morgan fingerprint density at radius 3 is 2.71 bits per heavy atom. The van der Waals surface area contributed by atoms with E-state index in [-0.39, 0.29) is 5.28 Å². The van der Waals surface area contributed by atoms with Gasteiger partial charge in [-0.25, -0.2) is 4.98 Å². The fraction of sp³-hybridized carbons (Fsp3) is 0.643. The van der Waals surface area contributed by atoms with E-state index in [0.29, 0.717) is 23.0 Å². The van der Waals surface area contributed by atoms with Crippen LogP contribution < -0.4 is 5.32 Å². The molecule has 0 bridgehead atoms. The molecule has 0 radical (unpaired) electrons. The molecule has 2 aromatic rings. The average molecular weight is 356 g/mol. The Hall–Kier alpha value is -1.52.